The van der Waals surface area contributed by atoms with E-state index in [0.717, 1.165) is 18.5 Å². The first-order valence-corrected chi connectivity index (χ1v) is 9.71. The number of rotatable bonds is 4. The third-order valence-electron chi connectivity index (χ3n) is 5.22. The second-order valence-corrected chi connectivity index (χ2v) is 8.07. The van der Waals surface area contributed by atoms with Crippen LogP contribution in [0.4, 0.5) is 5.69 Å². The number of amides is 1. The lowest BCUT2D eigenvalue weighted by Crippen LogP contribution is -2.48. The Morgan fingerprint density at radius 1 is 1.33 bits per heavy atom. The molecule has 0 aliphatic carbocycles. The minimum Gasteiger partial charge on any atom is -0.366 e. The summed E-state index contributed by atoms with van der Waals surface area (Å²) >= 11 is 6.04. The van der Waals surface area contributed by atoms with Crippen molar-refractivity contribution < 1.29 is 4.79 Å². The number of benzene rings is 2. The van der Waals surface area contributed by atoms with Gasteiger partial charge in [0.25, 0.3) is 5.91 Å². The summed E-state index contributed by atoms with van der Waals surface area (Å²) in [6.07, 6.45) is 2.79. The molecule has 0 saturated carbocycles. The number of nitrogens with one attached hydrogen (secondary N) is 1. The number of fused-ring (bicyclic) bond motifs is 1. The van der Waals surface area contributed by atoms with Crippen molar-refractivity contribution in [2.75, 3.05) is 11.4 Å². The van der Waals surface area contributed by atoms with Gasteiger partial charge in [-0.25, -0.2) is 5.43 Å². The lowest BCUT2D eigenvalue weighted by atomic mass is 9.79. The fourth-order valence-electron chi connectivity index (χ4n) is 4.06. The molecule has 4 nitrogen and oxygen atoms in total. The molecule has 2 aromatic rings. The molecule has 27 heavy (non-hydrogen) atoms. The number of hydrazone groups is 1. The third kappa shape index (κ3) is 4.01. The summed E-state index contributed by atoms with van der Waals surface area (Å²) in [4.78, 5) is 14.6. The molecule has 1 aliphatic rings. The molecule has 1 atom stereocenters. The minimum atomic E-state index is -0.318. The Morgan fingerprint density at radius 2 is 2.07 bits per heavy atom. The van der Waals surface area contributed by atoms with Crippen molar-refractivity contribution in [2.45, 2.75) is 45.6 Å². The maximum absolute atomic E-state index is 12.2. The molecule has 1 N–H and O–H groups in total. The number of carbonyl (C=O) groups is 1. The highest BCUT2D eigenvalue weighted by Crippen LogP contribution is 2.43. The van der Waals surface area contributed by atoms with E-state index in [2.05, 4.69) is 55.3 Å². The Morgan fingerprint density at radius 3 is 2.78 bits per heavy atom. The van der Waals surface area contributed by atoms with E-state index in [4.69, 9.17) is 11.6 Å². The molecule has 3 rings (SSSR count). The summed E-state index contributed by atoms with van der Waals surface area (Å²) in [5, 5.41) is 4.52. The fourth-order valence-corrected chi connectivity index (χ4v) is 4.28. The molecule has 1 heterocycles. The summed E-state index contributed by atoms with van der Waals surface area (Å²) in [5.74, 6) is 0.158. The fraction of sp³-hybridized carbons (Fsp3) is 0.364. The van der Waals surface area contributed by atoms with Crippen molar-refractivity contribution in [2.24, 2.45) is 5.10 Å². The highest BCUT2D eigenvalue weighted by molar-refractivity contribution is 6.33. The van der Waals surface area contributed by atoms with Crippen molar-refractivity contribution in [3.05, 3.63) is 64.2 Å². The molecule has 142 valence electrons. The predicted molar refractivity (Wildman–Crippen MR) is 113 cm³/mol. The average Bonchev–Trinajstić information content (AvgIpc) is 2.62. The zero-order chi connectivity index (χ0) is 19.6. The Kier molecular flexibility index (Phi) is 5.56. The van der Waals surface area contributed by atoms with Crippen LogP contribution in [-0.4, -0.2) is 24.2 Å². The number of carbonyl (C=O) groups excluding carboxylic acids is 1. The number of hydrogen-bond acceptors (Lipinski definition) is 3. The first-order valence-electron chi connectivity index (χ1n) is 9.33. The van der Waals surface area contributed by atoms with Gasteiger partial charge in [-0.1, -0.05) is 36.7 Å². The molecule has 0 aromatic heterocycles. The molecule has 0 bridgehead atoms. The first-order chi connectivity index (χ1) is 12.8. The Labute approximate surface area is 166 Å². The van der Waals surface area contributed by atoms with Gasteiger partial charge >= 0.3 is 0 Å². The van der Waals surface area contributed by atoms with Gasteiger partial charge in [-0.2, -0.15) is 5.10 Å². The van der Waals surface area contributed by atoms with Crippen molar-refractivity contribution in [3.8, 4) is 0 Å². The van der Waals surface area contributed by atoms with Crippen LogP contribution >= 0.6 is 11.6 Å². The van der Waals surface area contributed by atoms with Crippen LogP contribution in [0.15, 0.2) is 47.6 Å². The predicted octanol–water partition coefficient (Wildman–Crippen LogP) is 5.22. The molecular formula is C22H26ClN3O. The molecule has 2 aromatic carbocycles. The van der Waals surface area contributed by atoms with Gasteiger partial charge in [0.1, 0.15) is 0 Å². The van der Waals surface area contributed by atoms with Crippen molar-refractivity contribution in [1.29, 1.82) is 0 Å². The number of hydrogen-bond donors (Lipinski definition) is 1. The monoisotopic (exact) mass is 383 g/mol. The third-order valence-corrected chi connectivity index (χ3v) is 5.55. The number of anilines is 1. The minimum absolute atomic E-state index is 0.152. The van der Waals surface area contributed by atoms with Gasteiger partial charge in [0.05, 0.1) is 16.8 Å². The molecule has 5 heteroatoms. The van der Waals surface area contributed by atoms with E-state index < -0.39 is 0 Å². The van der Waals surface area contributed by atoms with Gasteiger partial charge in [0, 0.05) is 17.8 Å². The summed E-state index contributed by atoms with van der Waals surface area (Å²) < 4.78 is 0. The Hall–Kier alpha value is -2.33. The first kappa shape index (κ1) is 19.4. The normalized spacial score (nSPS) is 18.4. The van der Waals surface area contributed by atoms with Crippen molar-refractivity contribution in [3.63, 3.8) is 0 Å². The lowest BCUT2D eigenvalue weighted by Gasteiger charge is -2.47. The molecule has 0 radical (unpaired) electrons. The lowest BCUT2D eigenvalue weighted by molar-refractivity contribution is 0.0955. The SMILES string of the molecule is CCN1c2ccc(/C=N\NC(=O)c3ccccc3Cl)cc2[C@H](C)CC1(C)C. The number of nitrogens with zero attached hydrogens (tertiary/aromatic N) is 2. The second kappa shape index (κ2) is 7.73. The van der Waals surface area contributed by atoms with Crippen LogP contribution in [0.1, 0.15) is 61.5 Å². The van der Waals surface area contributed by atoms with Crippen molar-refractivity contribution >= 4 is 29.4 Å². The van der Waals surface area contributed by atoms with Gasteiger partial charge in [0.2, 0.25) is 0 Å². The van der Waals surface area contributed by atoms with Gasteiger partial charge in [-0.05, 0) is 68.5 Å². The van der Waals surface area contributed by atoms with Gasteiger partial charge < -0.3 is 4.90 Å². The largest absolute Gasteiger partial charge is 0.366 e. The maximum Gasteiger partial charge on any atom is 0.272 e. The van der Waals surface area contributed by atoms with E-state index in [1.54, 1.807) is 30.5 Å². The molecule has 1 aliphatic heterocycles. The molecular weight excluding hydrogens is 358 g/mol. The Bertz CT molecular complexity index is 876. The average molecular weight is 384 g/mol. The molecule has 0 unspecified atom stereocenters. The van der Waals surface area contributed by atoms with Gasteiger partial charge in [-0.15, -0.1) is 0 Å². The Balaban J connectivity index is 1.78. The van der Waals surface area contributed by atoms with Crippen LogP contribution in [-0.2, 0) is 0 Å². The molecule has 1 amide bonds. The van der Waals surface area contributed by atoms with Gasteiger partial charge in [0.15, 0.2) is 0 Å². The summed E-state index contributed by atoms with van der Waals surface area (Å²) in [7, 11) is 0. The smallest absolute Gasteiger partial charge is 0.272 e. The van der Waals surface area contributed by atoms with Gasteiger partial charge in [-0.3, -0.25) is 4.79 Å². The zero-order valence-electron chi connectivity index (χ0n) is 16.3. The van der Waals surface area contributed by atoms with Crippen LogP contribution in [0.2, 0.25) is 5.02 Å². The highest BCUT2D eigenvalue weighted by atomic mass is 35.5. The van der Waals surface area contributed by atoms with Crippen LogP contribution < -0.4 is 10.3 Å². The molecule has 0 fully saturated rings. The quantitative estimate of drug-likeness (QED) is 0.581. The maximum atomic E-state index is 12.2. The molecule has 0 saturated heterocycles. The standard InChI is InChI=1S/C22H26ClN3O/c1-5-26-20-11-10-16(12-18(20)15(2)13-22(26,3)4)14-24-25-21(27)17-8-6-7-9-19(17)23/h6-12,14-15H,5,13H2,1-4H3,(H,25,27)/b24-14-/t15-/m1/s1. The van der Waals surface area contributed by atoms with Crippen LogP contribution in [0.25, 0.3) is 0 Å². The highest BCUT2D eigenvalue weighted by Gasteiger charge is 2.35. The summed E-state index contributed by atoms with van der Waals surface area (Å²) in [6, 6.07) is 13.3. The summed E-state index contributed by atoms with van der Waals surface area (Å²) in [6.45, 7) is 10.0. The second-order valence-electron chi connectivity index (χ2n) is 7.66. The van der Waals surface area contributed by atoms with Crippen LogP contribution in [0.3, 0.4) is 0 Å². The topological polar surface area (TPSA) is 44.7 Å². The van der Waals surface area contributed by atoms with Crippen LogP contribution in [0, 0.1) is 0 Å². The van der Waals surface area contributed by atoms with E-state index in [9.17, 15) is 4.79 Å². The van der Waals surface area contributed by atoms with E-state index in [0.29, 0.717) is 16.5 Å². The number of halogens is 1. The van der Waals surface area contributed by atoms with Crippen LogP contribution in [0.5, 0.6) is 0 Å². The summed E-state index contributed by atoms with van der Waals surface area (Å²) in [5.41, 5.74) is 6.70. The van der Waals surface area contributed by atoms with E-state index in [-0.39, 0.29) is 11.4 Å². The van der Waals surface area contributed by atoms with E-state index in [1.807, 2.05) is 6.07 Å². The zero-order valence-corrected chi connectivity index (χ0v) is 17.0. The van der Waals surface area contributed by atoms with Crippen molar-refractivity contribution in [1.82, 2.24) is 5.43 Å². The van der Waals surface area contributed by atoms with E-state index in [1.165, 1.54) is 11.3 Å². The van der Waals surface area contributed by atoms with E-state index >= 15 is 0 Å². The molecule has 0 spiro atoms.